The molecule has 1 N–H and O–H groups in total. The maximum absolute atomic E-state index is 12.9. The van der Waals surface area contributed by atoms with Crippen LogP contribution in [0.3, 0.4) is 0 Å². The van der Waals surface area contributed by atoms with Gasteiger partial charge in [-0.1, -0.05) is 33.3 Å². The lowest BCUT2D eigenvalue weighted by Crippen LogP contribution is -2.26. The van der Waals surface area contributed by atoms with Gasteiger partial charge in [0.2, 0.25) is 5.91 Å². The maximum atomic E-state index is 12.9. The molecule has 2 aromatic carbocycles. The molecule has 1 amide bonds. The van der Waals surface area contributed by atoms with E-state index in [0.717, 1.165) is 10.7 Å². The number of anilines is 1. The third kappa shape index (κ3) is 4.33. The van der Waals surface area contributed by atoms with Gasteiger partial charge in [0.25, 0.3) is 5.56 Å². The van der Waals surface area contributed by atoms with Crippen LogP contribution in [0, 0.1) is 0 Å². The van der Waals surface area contributed by atoms with Gasteiger partial charge >= 0.3 is 6.18 Å². The maximum Gasteiger partial charge on any atom is 0.417 e. The smallest absolute Gasteiger partial charge is 0.326 e. The highest BCUT2D eigenvalue weighted by Gasteiger charge is 2.33. The molecule has 27 heavy (non-hydrogen) atoms. The number of hydrogen-bond acceptors (Lipinski definition) is 4. The molecule has 1 heterocycles. The van der Waals surface area contributed by atoms with E-state index in [4.69, 9.17) is 0 Å². The van der Waals surface area contributed by atoms with Crippen molar-refractivity contribution < 1.29 is 18.0 Å². The molecule has 0 aliphatic carbocycles. The first kappa shape index (κ1) is 19.0. The molecule has 0 spiro atoms. The SMILES string of the molecule is O=C(CCn1nnc2ccccc2c1=O)Nc1ccc(Br)c(C(F)(F)F)c1. The van der Waals surface area contributed by atoms with Gasteiger partial charge in [-0.15, -0.1) is 5.10 Å². The molecule has 1 aromatic heterocycles. The molecule has 6 nitrogen and oxygen atoms in total. The average Bonchev–Trinajstić information content (AvgIpc) is 2.62. The Bertz CT molecular complexity index is 1070. The Morgan fingerprint density at radius 3 is 2.67 bits per heavy atom. The Labute approximate surface area is 159 Å². The van der Waals surface area contributed by atoms with E-state index in [1.54, 1.807) is 24.3 Å². The number of nitrogens with zero attached hydrogens (tertiary/aromatic N) is 3. The zero-order valence-corrected chi connectivity index (χ0v) is 15.2. The largest absolute Gasteiger partial charge is 0.417 e. The summed E-state index contributed by atoms with van der Waals surface area (Å²) in [5.41, 5.74) is -0.835. The predicted octanol–water partition coefficient (Wildman–Crippen LogP) is 3.60. The molecular formula is C17H12BrF3N4O2. The minimum atomic E-state index is -4.55. The second-order valence-corrected chi connectivity index (χ2v) is 6.48. The summed E-state index contributed by atoms with van der Waals surface area (Å²) in [6, 6.07) is 10.0. The molecule has 0 saturated heterocycles. The van der Waals surface area contributed by atoms with Gasteiger partial charge in [-0.25, -0.2) is 4.68 Å². The first-order valence-corrected chi connectivity index (χ1v) is 8.54. The van der Waals surface area contributed by atoms with E-state index in [-0.39, 0.29) is 23.1 Å². The highest BCUT2D eigenvalue weighted by molar-refractivity contribution is 9.10. The fraction of sp³-hybridized carbons (Fsp3) is 0.176. The zero-order chi connectivity index (χ0) is 19.6. The van der Waals surface area contributed by atoms with Crippen LogP contribution in [-0.2, 0) is 17.5 Å². The number of hydrogen-bond donors (Lipinski definition) is 1. The number of alkyl halides is 3. The van der Waals surface area contributed by atoms with Crippen LogP contribution in [0.1, 0.15) is 12.0 Å². The van der Waals surface area contributed by atoms with Gasteiger partial charge in [0, 0.05) is 16.6 Å². The number of carbonyl (C=O) groups excluding carboxylic acids is 1. The molecule has 140 valence electrons. The number of aryl methyl sites for hydroxylation is 1. The van der Waals surface area contributed by atoms with Crippen molar-refractivity contribution in [3.05, 3.63) is 62.9 Å². The molecular weight excluding hydrogens is 429 g/mol. The summed E-state index contributed by atoms with van der Waals surface area (Å²) in [5.74, 6) is -0.549. The molecule has 0 aliphatic heterocycles. The highest BCUT2D eigenvalue weighted by Crippen LogP contribution is 2.36. The molecule has 10 heteroatoms. The standard InChI is InChI=1S/C17H12BrF3N4O2/c18-13-6-5-10(9-12(13)17(19,20)21)22-15(26)7-8-25-16(27)11-3-1-2-4-14(11)23-24-25/h1-6,9H,7-8H2,(H,22,26). The summed E-state index contributed by atoms with van der Waals surface area (Å²) in [7, 11) is 0. The summed E-state index contributed by atoms with van der Waals surface area (Å²) < 4.78 is 39.7. The summed E-state index contributed by atoms with van der Waals surface area (Å²) in [4.78, 5) is 24.3. The molecule has 0 aliphatic rings. The van der Waals surface area contributed by atoms with E-state index >= 15 is 0 Å². The second kappa shape index (κ2) is 7.47. The van der Waals surface area contributed by atoms with Crippen LogP contribution in [-0.4, -0.2) is 20.9 Å². The van der Waals surface area contributed by atoms with E-state index < -0.39 is 23.2 Å². The number of rotatable bonds is 4. The Morgan fingerprint density at radius 2 is 1.93 bits per heavy atom. The Kier molecular flexibility index (Phi) is 5.26. The van der Waals surface area contributed by atoms with E-state index in [2.05, 4.69) is 31.6 Å². The van der Waals surface area contributed by atoms with E-state index in [1.807, 2.05) is 0 Å². The lowest BCUT2D eigenvalue weighted by molar-refractivity contribution is -0.138. The summed E-state index contributed by atoms with van der Waals surface area (Å²) in [5, 5.41) is 10.4. The topological polar surface area (TPSA) is 76.9 Å². The molecule has 0 saturated carbocycles. The predicted molar refractivity (Wildman–Crippen MR) is 96.2 cm³/mol. The molecule has 0 fully saturated rings. The average molecular weight is 441 g/mol. The molecule has 0 bridgehead atoms. The van der Waals surface area contributed by atoms with Crippen molar-refractivity contribution in [2.24, 2.45) is 0 Å². The number of fused-ring (bicyclic) bond motifs is 1. The Hall–Kier alpha value is -2.75. The van der Waals surface area contributed by atoms with Crippen molar-refractivity contribution in [1.29, 1.82) is 0 Å². The molecule has 3 rings (SSSR count). The zero-order valence-electron chi connectivity index (χ0n) is 13.6. The van der Waals surface area contributed by atoms with Crippen molar-refractivity contribution in [2.75, 3.05) is 5.32 Å². The van der Waals surface area contributed by atoms with Gasteiger partial charge in [0.05, 0.1) is 17.5 Å². The molecule has 0 atom stereocenters. The summed E-state index contributed by atoms with van der Waals surface area (Å²) in [6.07, 6.45) is -4.70. The molecule has 0 unspecified atom stereocenters. The van der Waals surface area contributed by atoms with Gasteiger partial charge in [0.1, 0.15) is 5.52 Å². The molecule has 0 radical (unpaired) electrons. The normalized spacial score (nSPS) is 11.6. The number of nitrogens with one attached hydrogen (secondary N) is 1. The monoisotopic (exact) mass is 440 g/mol. The van der Waals surface area contributed by atoms with Crippen LogP contribution in [0.4, 0.5) is 18.9 Å². The van der Waals surface area contributed by atoms with E-state index in [9.17, 15) is 22.8 Å². The fourth-order valence-corrected chi connectivity index (χ4v) is 2.89. The van der Waals surface area contributed by atoms with Crippen LogP contribution < -0.4 is 10.9 Å². The first-order chi connectivity index (χ1) is 12.8. The second-order valence-electron chi connectivity index (χ2n) is 5.63. The third-order valence-corrected chi connectivity index (χ3v) is 4.43. The van der Waals surface area contributed by atoms with Gasteiger partial charge in [-0.2, -0.15) is 13.2 Å². The van der Waals surface area contributed by atoms with Crippen LogP contribution in [0.5, 0.6) is 0 Å². The summed E-state index contributed by atoms with van der Waals surface area (Å²) >= 11 is 2.84. The van der Waals surface area contributed by atoms with Crippen molar-refractivity contribution in [2.45, 2.75) is 19.1 Å². The number of aromatic nitrogens is 3. The van der Waals surface area contributed by atoms with Crippen molar-refractivity contribution >= 4 is 38.4 Å². The van der Waals surface area contributed by atoms with Crippen LogP contribution in [0.2, 0.25) is 0 Å². The van der Waals surface area contributed by atoms with Gasteiger partial charge < -0.3 is 5.32 Å². The summed E-state index contributed by atoms with van der Waals surface area (Å²) in [6.45, 7) is -0.0504. The number of carbonyl (C=O) groups is 1. The van der Waals surface area contributed by atoms with E-state index in [1.165, 1.54) is 12.1 Å². The fourth-order valence-electron chi connectivity index (χ4n) is 2.42. The number of halogens is 4. The molecule has 3 aromatic rings. The number of amides is 1. The Balaban J connectivity index is 1.71. The van der Waals surface area contributed by atoms with Crippen molar-refractivity contribution in [3.63, 3.8) is 0 Å². The van der Waals surface area contributed by atoms with Crippen LogP contribution >= 0.6 is 15.9 Å². The van der Waals surface area contributed by atoms with Gasteiger partial charge in [0.15, 0.2) is 0 Å². The van der Waals surface area contributed by atoms with Crippen molar-refractivity contribution in [3.8, 4) is 0 Å². The van der Waals surface area contributed by atoms with Gasteiger partial charge in [-0.05, 0) is 30.3 Å². The first-order valence-electron chi connectivity index (χ1n) is 7.75. The quantitative estimate of drug-likeness (QED) is 0.672. The lowest BCUT2D eigenvalue weighted by Gasteiger charge is -2.12. The third-order valence-electron chi connectivity index (χ3n) is 3.74. The highest BCUT2D eigenvalue weighted by atomic mass is 79.9. The van der Waals surface area contributed by atoms with Crippen molar-refractivity contribution in [1.82, 2.24) is 15.0 Å². The lowest BCUT2D eigenvalue weighted by atomic mass is 10.2. The van der Waals surface area contributed by atoms with Crippen LogP contribution in [0.15, 0.2) is 51.7 Å². The number of benzene rings is 2. The Morgan fingerprint density at radius 1 is 1.19 bits per heavy atom. The van der Waals surface area contributed by atoms with Crippen LogP contribution in [0.25, 0.3) is 10.9 Å². The minimum absolute atomic E-state index is 0.00691. The van der Waals surface area contributed by atoms with Gasteiger partial charge in [-0.3, -0.25) is 9.59 Å². The van der Waals surface area contributed by atoms with E-state index in [0.29, 0.717) is 10.9 Å². The minimum Gasteiger partial charge on any atom is -0.326 e.